The summed E-state index contributed by atoms with van der Waals surface area (Å²) in [6, 6.07) is 9.32. The van der Waals surface area contributed by atoms with E-state index in [9.17, 15) is 8.42 Å². The lowest BCUT2D eigenvalue weighted by atomic mass is 10.2. The van der Waals surface area contributed by atoms with E-state index in [-0.39, 0.29) is 4.90 Å². The molecule has 0 N–H and O–H groups in total. The highest BCUT2D eigenvalue weighted by Gasteiger charge is 2.26. The number of hydrogen-bond donors (Lipinski definition) is 0. The molecule has 136 valence electrons. The highest BCUT2D eigenvalue weighted by atomic mass is 32.2. The summed E-state index contributed by atoms with van der Waals surface area (Å²) < 4.78 is 28.8. The summed E-state index contributed by atoms with van der Waals surface area (Å²) in [5.41, 5.74) is 1.88. The number of fused-ring (bicyclic) bond motifs is 1. The van der Waals surface area contributed by atoms with Crippen molar-refractivity contribution in [3.8, 4) is 0 Å². The van der Waals surface area contributed by atoms with Gasteiger partial charge < -0.3 is 4.40 Å². The molecule has 3 aromatic rings. The van der Waals surface area contributed by atoms with E-state index in [1.807, 2.05) is 35.0 Å². The molecule has 6 nitrogen and oxygen atoms in total. The first kappa shape index (κ1) is 17.5. The first-order valence-corrected chi connectivity index (χ1v) is 11.1. The van der Waals surface area contributed by atoms with Crippen molar-refractivity contribution in [1.82, 2.24) is 18.7 Å². The Morgan fingerprint density at radius 2 is 1.92 bits per heavy atom. The quantitative estimate of drug-likeness (QED) is 0.628. The summed E-state index contributed by atoms with van der Waals surface area (Å²) in [7, 11) is -3.42. The van der Waals surface area contributed by atoms with Crippen LogP contribution in [0.2, 0.25) is 0 Å². The first-order valence-electron chi connectivity index (χ1n) is 8.64. The molecule has 0 spiro atoms. The third-order valence-corrected chi connectivity index (χ3v) is 7.30. The van der Waals surface area contributed by atoms with Gasteiger partial charge in [-0.05, 0) is 37.1 Å². The zero-order valence-electron chi connectivity index (χ0n) is 14.3. The minimum atomic E-state index is -3.42. The van der Waals surface area contributed by atoms with Crippen LogP contribution in [-0.2, 0) is 15.8 Å². The Hall–Kier alpha value is -1.90. The van der Waals surface area contributed by atoms with Gasteiger partial charge in [0.2, 0.25) is 10.0 Å². The molecule has 0 aliphatic carbocycles. The van der Waals surface area contributed by atoms with Crippen molar-refractivity contribution in [3.05, 3.63) is 54.6 Å². The van der Waals surface area contributed by atoms with Crippen LogP contribution in [0.15, 0.2) is 58.8 Å². The van der Waals surface area contributed by atoms with Crippen LogP contribution >= 0.6 is 11.8 Å². The van der Waals surface area contributed by atoms with Crippen molar-refractivity contribution in [1.29, 1.82) is 0 Å². The number of pyridine rings is 2. The summed E-state index contributed by atoms with van der Waals surface area (Å²) in [5.74, 6) is 0.687. The molecular weight excluding hydrogens is 368 g/mol. The standard InChI is InChI=1S/C18H20N4O2S2/c23-26(24,22-10-3-1-4-11-22)16-7-8-18(19-12-16)25-14-15-13-21-9-5-2-6-17(21)20-15/h2,5-9,12-13H,1,3-4,10-11,14H2. The van der Waals surface area contributed by atoms with Gasteiger partial charge in [0.05, 0.1) is 10.7 Å². The second-order valence-corrected chi connectivity index (χ2v) is 9.22. The maximum atomic E-state index is 12.6. The summed E-state index contributed by atoms with van der Waals surface area (Å²) in [4.78, 5) is 9.16. The highest BCUT2D eigenvalue weighted by Crippen LogP contribution is 2.24. The fourth-order valence-corrected chi connectivity index (χ4v) is 5.25. The van der Waals surface area contributed by atoms with Crippen molar-refractivity contribution < 1.29 is 8.42 Å². The number of hydrogen-bond acceptors (Lipinski definition) is 5. The first-order chi connectivity index (χ1) is 12.6. The number of piperidine rings is 1. The lowest BCUT2D eigenvalue weighted by Gasteiger charge is -2.25. The molecule has 0 aromatic carbocycles. The molecule has 0 atom stereocenters. The topological polar surface area (TPSA) is 67.6 Å². The Balaban J connectivity index is 1.44. The molecule has 8 heteroatoms. The third-order valence-electron chi connectivity index (χ3n) is 4.44. The Kier molecular flexibility index (Phi) is 4.97. The zero-order valence-corrected chi connectivity index (χ0v) is 15.9. The molecule has 1 aliphatic rings. The third kappa shape index (κ3) is 3.62. The van der Waals surface area contributed by atoms with E-state index in [0.717, 1.165) is 35.6 Å². The van der Waals surface area contributed by atoms with Crippen LogP contribution in [0, 0.1) is 0 Å². The molecule has 0 amide bonds. The van der Waals surface area contributed by atoms with E-state index < -0.39 is 10.0 Å². The van der Waals surface area contributed by atoms with Crippen LogP contribution in [0.5, 0.6) is 0 Å². The average molecular weight is 389 g/mol. The predicted octanol–water partition coefficient (Wildman–Crippen LogP) is 3.20. The lowest BCUT2D eigenvalue weighted by Crippen LogP contribution is -2.35. The van der Waals surface area contributed by atoms with Gasteiger partial charge in [-0.25, -0.2) is 18.4 Å². The Morgan fingerprint density at radius 1 is 1.08 bits per heavy atom. The number of sulfonamides is 1. The predicted molar refractivity (Wildman–Crippen MR) is 102 cm³/mol. The Bertz CT molecular complexity index is 960. The lowest BCUT2D eigenvalue weighted by molar-refractivity contribution is 0.346. The van der Waals surface area contributed by atoms with E-state index >= 15 is 0 Å². The molecule has 3 aromatic heterocycles. The van der Waals surface area contributed by atoms with Gasteiger partial charge in [-0.3, -0.25) is 0 Å². The summed E-state index contributed by atoms with van der Waals surface area (Å²) in [5, 5.41) is 0.791. The minimum absolute atomic E-state index is 0.275. The van der Waals surface area contributed by atoms with E-state index in [4.69, 9.17) is 0 Å². The molecule has 0 saturated carbocycles. The molecule has 26 heavy (non-hydrogen) atoms. The second kappa shape index (κ2) is 7.38. The van der Waals surface area contributed by atoms with Crippen molar-refractivity contribution >= 4 is 27.4 Å². The number of imidazole rings is 1. The van der Waals surface area contributed by atoms with Crippen molar-refractivity contribution in [2.45, 2.75) is 34.9 Å². The van der Waals surface area contributed by atoms with Gasteiger partial charge in [0, 0.05) is 37.4 Å². The van der Waals surface area contributed by atoms with Crippen molar-refractivity contribution in [3.63, 3.8) is 0 Å². The highest BCUT2D eigenvalue weighted by molar-refractivity contribution is 7.98. The Morgan fingerprint density at radius 3 is 2.65 bits per heavy atom. The van der Waals surface area contributed by atoms with Crippen LogP contribution in [0.4, 0.5) is 0 Å². The summed E-state index contributed by atoms with van der Waals surface area (Å²) >= 11 is 1.55. The molecular formula is C18H20N4O2S2. The van der Waals surface area contributed by atoms with Crippen LogP contribution in [0.25, 0.3) is 5.65 Å². The fraction of sp³-hybridized carbons (Fsp3) is 0.333. The van der Waals surface area contributed by atoms with E-state index in [1.54, 1.807) is 28.2 Å². The molecule has 0 radical (unpaired) electrons. The molecule has 4 rings (SSSR count). The number of nitrogens with zero attached hydrogens (tertiary/aromatic N) is 4. The van der Waals surface area contributed by atoms with Crippen molar-refractivity contribution in [2.24, 2.45) is 0 Å². The minimum Gasteiger partial charge on any atom is -0.307 e. The summed E-state index contributed by atoms with van der Waals surface area (Å²) in [6.45, 7) is 1.21. The summed E-state index contributed by atoms with van der Waals surface area (Å²) in [6.07, 6.45) is 8.39. The van der Waals surface area contributed by atoms with Crippen LogP contribution in [0.1, 0.15) is 25.0 Å². The van der Waals surface area contributed by atoms with Gasteiger partial charge in [0.15, 0.2) is 0 Å². The van der Waals surface area contributed by atoms with Gasteiger partial charge in [-0.1, -0.05) is 24.2 Å². The van der Waals surface area contributed by atoms with Crippen LogP contribution in [0.3, 0.4) is 0 Å². The molecule has 0 unspecified atom stereocenters. The maximum absolute atomic E-state index is 12.6. The Labute approximate surface area is 157 Å². The maximum Gasteiger partial charge on any atom is 0.244 e. The smallest absolute Gasteiger partial charge is 0.244 e. The zero-order chi connectivity index (χ0) is 18.0. The van der Waals surface area contributed by atoms with Gasteiger partial charge in [-0.2, -0.15) is 4.31 Å². The molecule has 0 bridgehead atoms. The van der Waals surface area contributed by atoms with Gasteiger partial charge in [0.25, 0.3) is 0 Å². The number of rotatable bonds is 5. The fourth-order valence-electron chi connectivity index (χ4n) is 3.06. The monoisotopic (exact) mass is 388 g/mol. The number of thioether (sulfide) groups is 1. The normalized spacial score (nSPS) is 16.2. The van der Waals surface area contributed by atoms with Gasteiger partial charge >= 0.3 is 0 Å². The van der Waals surface area contributed by atoms with Crippen LogP contribution < -0.4 is 0 Å². The van der Waals surface area contributed by atoms with E-state index in [1.165, 1.54) is 6.20 Å². The van der Waals surface area contributed by atoms with Gasteiger partial charge in [-0.15, -0.1) is 0 Å². The van der Waals surface area contributed by atoms with Crippen LogP contribution in [-0.4, -0.2) is 40.2 Å². The van der Waals surface area contributed by atoms with E-state index in [0.29, 0.717) is 18.8 Å². The largest absolute Gasteiger partial charge is 0.307 e. The van der Waals surface area contributed by atoms with E-state index in [2.05, 4.69) is 9.97 Å². The second-order valence-electron chi connectivity index (χ2n) is 6.28. The molecule has 1 aliphatic heterocycles. The molecule has 1 saturated heterocycles. The number of aromatic nitrogens is 3. The van der Waals surface area contributed by atoms with Crippen molar-refractivity contribution in [2.75, 3.05) is 13.1 Å². The van der Waals surface area contributed by atoms with Gasteiger partial charge in [0.1, 0.15) is 10.5 Å². The molecule has 4 heterocycles. The molecule has 1 fully saturated rings. The average Bonchev–Trinajstić information content (AvgIpc) is 3.10. The SMILES string of the molecule is O=S(=O)(c1ccc(SCc2cn3ccccc3n2)nc1)N1CCCCC1.